The van der Waals surface area contributed by atoms with Gasteiger partial charge in [-0.25, -0.2) is 9.18 Å². The predicted molar refractivity (Wildman–Crippen MR) is 64.0 cm³/mol. The third-order valence-corrected chi connectivity index (χ3v) is 2.20. The Bertz CT molecular complexity index is 379. The maximum Gasteiger partial charge on any atom is 0.327 e. The average molecular weight is 239 g/mol. The van der Waals surface area contributed by atoms with E-state index in [-0.39, 0.29) is 17.8 Å². The Hall–Kier alpha value is -1.42. The Morgan fingerprint density at radius 2 is 2.18 bits per heavy atom. The molecule has 0 aliphatic rings. The highest BCUT2D eigenvalue weighted by Crippen LogP contribution is 2.16. The molecule has 1 aromatic rings. The molecular formula is C13H18FNO2. The molecule has 1 unspecified atom stereocenters. The first kappa shape index (κ1) is 13.6. The molecule has 0 aliphatic heterocycles. The van der Waals surface area contributed by atoms with E-state index < -0.39 is 6.04 Å². The van der Waals surface area contributed by atoms with Crippen LogP contribution in [0.3, 0.4) is 0 Å². The number of rotatable bonds is 5. The maximum absolute atomic E-state index is 13.1. The second-order valence-corrected chi connectivity index (χ2v) is 4.06. The summed E-state index contributed by atoms with van der Waals surface area (Å²) in [7, 11) is 0. The first-order valence-electron chi connectivity index (χ1n) is 5.72. The Labute approximate surface area is 101 Å². The van der Waals surface area contributed by atoms with Gasteiger partial charge in [-0.1, -0.05) is 12.1 Å². The lowest BCUT2D eigenvalue weighted by molar-refractivity contribution is -0.146. The SMILES string of the molecule is CCOC(=O)C(NC(C)C)c1cccc(F)c1. The average Bonchev–Trinajstić information content (AvgIpc) is 2.26. The molecule has 1 N–H and O–H groups in total. The molecule has 0 bridgehead atoms. The van der Waals surface area contributed by atoms with E-state index in [0.29, 0.717) is 12.2 Å². The Balaban J connectivity index is 2.93. The number of benzene rings is 1. The highest BCUT2D eigenvalue weighted by Gasteiger charge is 2.22. The highest BCUT2D eigenvalue weighted by atomic mass is 19.1. The monoisotopic (exact) mass is 239 g/mol. The van der Waals surface area contributed by atoms with Crippen molar-refractivity contribution in [1.82, 2.24) is 5.32 Å². The van der Waals surface area contributed by atoms with Crippen LogP contribution in [0.5, 0.6) is 0 Å². The topological polar surface area (TPSA) is 38.3 Å². The van der Waals surface area contributed by atoms with E-state index in [9.17, 15) is 9.18 Å². The van der Waals surface area contributed by atoms with Gasteiger partial charge in [0.2, 0.25) is 0 Å². The van der Waals surface area contributed by atoms with Crippen molar-refractivity contribution in [1.29, 1.82) is 0 Å². The van der Waals surface area contributed by atoms with Crippen molar-refractivity contribution in [3.05, 3.63) is 35.6 Å². The fourth-order valence-corrected chi connectivity index (χ4v) is 1.55. The van der Waals surface area contributed by atoms with E-state index in [1.54, 1.807) is 19.1 Å². The van der Waals surface area contributed by atoms with Crippen LogP contribution in [0.4, 0.5) is 4.39 Å². The first-order valence-corrected chi connectivity index (χ1v) is 5.72. The third-order valence-electron chi connectivity index (χ3n) is 2.20. The zero-order valence-corrected chi connectivity index (χ0v) is 10.4. The van der Waals surface area contributed by atoms with Crippen molar-refractivity contribution in [3.63, 3.8) is 0 Å². The molecule has 0 fully saturated rings. The van der Waals surface area contributed by atoms with Gasteiger partial charge in [-0.15, -0.1) is 0 Å². The minimum absolute atomic E-state index is 0.104. The number of esters is 1. The molecule has 0 aliphatic carbocycles. The van der Waals surface area contributed by atoms with Gasteiger partial charge in [0.25, 0.3) is 0 Å². The molecule has 1 aromatic carbocycles. The summed E-state index contributed by atoms with van der Waals surface area (Å²) in [6, 6.07) is 5.47. The lowest BCUT2D eigenvalue weighted by Crippen LogP contribution is -2.34. The quantitative estimate of drug-likeness (QED) is 0.802. The number of halogens is 1. The summed E-state index contributed by atoms with van der Waals surface area (Å²) in [5, 5.41) is 3.07. The Morgan fingerprint density at radius 1 is 1.47 bits per heavy atom. The molecule has 1 rings (SSSR count). The molecule has 3 nitrogen and oxygen atoms in total. The van der Waals surface area contributed by atoms with Crippen molar-refractivity contribution in [2.24, 2.45) is 0 Å². The summed E-state index contributed by atoms with van der Waals surface area (Å²) >= 11 is 0. The summed E-state index contributed by atoms with van der Waals surface area (Å²) in [5.74, 6) is -0.742. The van der Waals surface area contributed by atoms with Crippen molar-refractivity contribution >= 4 is 5.97 Å². The van der Waals surface area contributed by atoms with Crippen molar-refractivity contribution in [2.45, 2.75) is 32.9 Å². The van der Waals surface area contributed by atoms with Crippen molar-refractivity contribution < 1.29 is 13.9 Å². The zero-order chi connectivity index (χ0) is 12.8. The molecule has 0 spiro atoms. The van der Waals surface area contributed by atoms with E-state index in [0.717, 1.165) is 0 Å². The number of hydrogen-bond acceptors (Lipinski definition) is 3. The van der Waals surface area contributed by atoms with E-state index in [1.807, 2.05) is 13.8 Å². The minimum Gasteiger partial charge on any atom is -0.465 e. The number of carbonyl (C=O) groups excluding carboxylic acids is 1. The van der Waals surface area contributed by atoms with Gasteiger partial charge in [0, 0.05) is 6.04 Å². The fraction of sp³-hybridized carbons (Fsp3) is 0.462. The molecule has 94 valence electrons. The zero-order valence-electron chi connectivity index (χ0n) is 10.4. The van der Waals surface area contributed by atoms with Crippen LogP contribution < -0.4 is 5.32 Å². The van der Waals surface area contributed by atoms with Crippen LogP contribution in [0.25, 0.3) is 0 Å². The molecule has 1 atom stereocenters. The summed E-state index contributed by atoms with van der Waals surface area (Å²) in [5.41, 5.74) is 0.581. The molecule has 17 heavy (non-hydrogen) atoms. The van der Waals surface area contributed by atoms with Crippen LogP contribution in [0.2, 0.25) is 0 Å². The normalized spacial score (nSPS) is 12.5. The van der Waals surface area contributed by atoms with E-state index in [2.05, 4.69) is 5.32 Å². The largest absolute Gasteiger partial charge is 0.465 e. The molecule has 0 radical (unpaired) electrons. The van der Waals surface area contributed by atoms with E-state index >= 15 is 0 Å². The molecule has 0 saturated heterocycles. The van der Waals surface area contributed by atoms with Crippen LogP contribution in [0, 0.1) is 5.82 Å². The van der Waals surface area contributed by atoms with Gasteiger partial charge in [-0.3, -0.25) is 5.32 Å². The molecule has 0 aromatic heterocycles. The minimum atomic E-state index is -0.620. The first-order chi connectivity index (χ1) is 8.04. The molecular weight excluding hydrogens is 221 g/mol. The molecule has 0 heterocycles. The number of carbonyl (C=O) groups is 1. The Kier molecular flexibility index (Phi) is 5.10. The van der Waals surface area contributed by atoms with Crippen LogP contribution in [-0.2, 0) is 9.53 Å². The smallest absolute Gasteiger partial charge is 0.327 e. The summed E-state index contributed by atoms with van der Waals surface area (Å²) in [6.07, 6.45) is 0. The Morgan fingerprint density at radius 3 is 2.71 bits per heavy atom. The van der Waals surface area contributed by atoms with Crippen molar-refractivity contribution in [2.75, 3.05) is 6.61 Å². The number of ether oxygens (including phenoxy) is 1. The van der Waals surface area contributed by atoms with Crippen LogP contribution in [-0.4, -0.2) is 18.6 Å². The predicted octanol–water partition coefficient (Wildman–Crippen LogP) is 2.43. The van der Waals surface area contributed by atoms with Crippen molar-refractivity contribution in [3.8, 4) is 0 Å². The van der Waals surface area contributed by atoms with Crippen LogP contribution in [0.1, 0.15) is 32.4 Å². The summed E-state index contributed by atoms with van der Waals surface area (Å²) < 4.78 is 18.1. The van der Waals surface area contributed by atoms with Gasteiger partial charge in [0.15, 0.2) is 0 Å². The van der Waals surface area contributed by atoms with Gasteiger partial charge in [0.05, 0.1) is 6.61 Å². The maximum atomic E-state index is 13.1. The van der Waals surface area contributed by atoms with Gasteiger partial charge < -0.3 is 4.74 Å². The summed E-state index contributed by atoms with van der Waals surface area (Å²) in [4.78, 5) is 11.8. The fourth-order valence-electron chi connectivity index (χ4n) is 1.55. The van der Waals surface area contributed by atoms with Gasteiger partial charge >= 0.3 is 5.97 Å². The summed E-state index contributed by atoms with van der Waals surface area (Å²) in [6.45, 7) is 5.90. The van der Waals surface area contributed by atoms with E-state index in [4.69, 9.17) is 4.74 Å². The number of nitrogens with one attached hydrogen (secondary N) is 1. The van der Waals surface area contributed by atoms with Gasteiger partial charge in [-0.05, 0) is 38.5 Å². The molecule has 0 amide bonds. The highest BCUT2D eigenvalue weighted by molar-refractivity contribution is 5.77. The molecule has 4 heteroatoms. The molecule has 0 saturated carbocycles. The van der Waals surface area contributed by atoms with Gasteiger partial charge in [0.1, 0.15) is 11.9 Å². The van der Waals surface area contributed by atoms with Gasteiger partial charge in [-0.2, -0.15) is 0 Å². The lowest BCUT2D eigenvalue weighted by atomic mass is 10.1. The second-order valence-electron chi connectivity index (χ2n) is 4.06. The lowest BCUT2D eigenvalue weighted by Gasteiger charge is -2.20. The van der Waals surface area contributed by atoms with Crippen LogP contribution in [0.15, 0.2) is 24.3 Å². The van der Waals surface area contributed by atoms with E-state index in [1.165, 1.54) is 12.1 Å². The third kappa shape index (κ3) is 4.15. The number of hydrogen-bond donors (Lipinski definition) is 1. The van der Waals surface area contributed by atoms with Crippen LogP contribution >= 0.6 is 0 Å². The second kappa shape index (κ2) is 6.35. The standard InChI is InChI=1S/C13H18FNO2/c1-4-17-13(16)12(15-9(2)3)10-6-5-7-11(14)8-10/h5-9,12,15H,4H2,1-3H3.